The molecule has 0 fully saturated rings. The summed E-state index contributed by atoms with van der Waals surface area (Å²) in [5, 5.41) is 8.56. The molecule has 1 aromatic rings. The maximum Gasteiger partial charge on any atom is 0.426 e. The summed E-state index contributed by atoms with van der Waals surface area (Å²) in [7, 11) is 1.28. The van der Waals surface area contributed by atoms with Crippen molar-refractivity contribution in [3.05, 3.63) is 30.3 Å². The maximum absolute atomic E-state index is 11.3. The summed E-state index contributed by atoms with van der Waals surface area (Å²) in [6, 6.07) is 11.3. The lowest BCUT2D eigenvalue weighted by molar-refractivity contribution is 0.182. The van der Waals surface area contributed by atoms with E-state index in [1.165, 1.54) is 7.11 Å². The Hall–Kier alpha value is -1.99. The van der Waals surface area contributed by atoms with Crippen LogP contribution in [0.4, 0.5) is 10.5 Å². The van der Waals surface area contributed by atoms with E-state index in [0.717, 1.165) is 4.90 Å². The third kappa shape index (κ3) is 3.01. The topological polar surface area (TPSA) is 49.8 Å². The third-order valence-corrected chi connectivity index (χ3v) is 1.64. The molecule has 0 atom stereocenters. The first-order valence-corrected chi connectivity index (χ1v) is 4.32. The molecule has 1 amide bonds. The minimum atomic E-state index is -0.581. The van der Waals surface area contributed by atoms with E-state index in [4.69, 9.17) is 5.11 Å². The molecule has 1 rings (SSSR count). The number of ether oxygens (including phenoxy) is 1. The molecule has 0 spiro atoms. The van der Waals surface area contributed by atoms with Crippen LogP contribution in [0.15, 0.2) is 30.3 Å². The number of aliphatic hydroxyl groups excluding tert-OH is 1. The van der Waals surface area contributed by atoms with Crippen LogP contribution in [0.3, 0.4) is 0 Å². The van der Waals surface area contributed by atoms with E-state index in [-0.39, 0.29) is 6.61 Å². The summed E-state index contributed by atoms with van der Waals surface area (Å²) in [6.07, 6.45) is -0.581. The van der Waals surface area contributed by atoms with Crippen molar-refractivity contribution in [2.45, 2.75) is 0 Å². The maximum atomic E-state index is 11.3. The normalized spacial score (nSPS) is 8.67. The van der Waals surface area contributed by atoms with E-state index in [0.29, 0.717) is 5.69 Å². The molecule has 0 unspecified atom stereocenters. The van der Waals surface area contributed by atoms with Crippen LogP contribution in [-0.2, 0) is 4.74 Å². The van der Waals surface area contributed by atoms with Gasteiger partial charge in [-0.2, -0.15) is 0 Å². The van der Waals surface area contributed by atoms with Crippen molar-refractivity contribution >= 4 is 11.8 Å². The molecule has 1 aromatic carbocycles. The van der Waals surface area contributed by atoms with Gasteiger partial charge in [0.2, 0.25) is 0 Å². The van der Waals surface area contributed by atoms with E-state index >= 15 is 0 Å². The van der Waals surface area contributed by atoms with Gasteiger partial charge in [0, 0.05) is 6.04 Å². The molecule has 0 heterocycles. The Labute approximate surface area is 88.1 Å². The number of benzene rings is 1. The fourth-order valence-electron chi connectivity index (χ4n) is 0.998. The summed E-state index contributed by atoms with van der Waals surface area (Å²) in [5.74, 6) is 2.39. The first-order chi connectivity index (χ1) is 7.29. The third-order valence-electron chi connectivity index (χ3n) is 1.64. The van der Waals surface area contributed by atoms with Gasteiger partial charge in [-0.25, -0.2) is 9.69 Å². The van der Waals surface area contributed by atoms with Crippen LogP contribution in [0.25, 0.3) is 0 Å². The number of methoxy groups -OCH3 is 1. The smallest absolute Gasteiger partial charge is 0.426 e. The molecular weight excluding hydrogens is 194 g/mol. The zero-order chi connectivity index (χ0) is 11.1. The highest BCUT2D eigenvalue weighted by molar-refractivity contribution is 5.91. The van der Waals surface area contributed by atoms with Crippen molar-refractivity contribution in [1.29, 1.82) is 0 Å². The number of hydrogen-bond acceptors (Lipinski definition) is 3. The number of nitrogens with zero attached hydrogens (tertiary/aromatic N) is 1. The van der Waals surface area contributed by atoms with Crippen molar-refractivity contribution in [1.82, 2.24) is 0 Å². The Morgan fingerprint density at radius 3 is 2.67 bits per heavy atom. The molecule has 0 saturated heterocycles. The second-order valence-electron chi connectivity index (χ2n) is 2.59. The van der Waals surface area contributed by atoms with Crippen molar-refractivity contribution in [3.63, 3.8) is 0 Å². The van der Waals surface area contributed by atoms with Gasteiger partial charge in [-0.3, -0.25) is 0 Å². The molecule has 4 nitrogen and oxygen atoms in total. The Kier molecular flexibility index (Phi) is 4.20. The average Bonchev–Trinajstić information content (AvgIpc) is 2.30. The van der Waals surface area contributed by atoms with Gasteiger partial charge in [0.25, 0.3) is 0 Å². The Balaban J connectivity index is 2.96. The van der Waals surface area contributed by atoms with Crippen molar-refractivity contribution in [2.75, 3.05) is 18.6 Å². The lowest BCUT2D eigenvalue weighted by Gasteiger charge is -2.13. The van der Waals surface area contributed by atoms with Crippen LogP contribution in [0.2, 0.25) is 0 Å². The Morgan fingerprint density at radius 1 is 1.47 bits per heavy atom. The van der Waals surface area contributed by atoms with Crippen molar-refractivity contribution in [3.8, 4) is 12.0 Å². The van der Waals surface area contributed by atoms with Crippen LogP contribution in [0.5, 0.6) is 0 Å². The van der Waals surface area contributed by atoms with E-state index in [2.05, 4.69) is 16.7 Å². The van der Waals surface area contributed by atoms with Crippen LogP contribution >= 0.6 is 0 Å². The first kappa shape index (κ1) is 11.1. The van der Waals surface area contributed by atoms with Gasteiger partial charge in [0.15, 0.2) is 0 Å². The van der Waals surface area contributed by atoms with E-state index in [9.17, 15) is 4.79 Å². The second-order valence-corrected chi connectivity index (χ2v) is 2.59. The number of para-hydroxylation sites is 1. The molecule has 0 aromatic heterocycles. The fourth-order valence-corrected chi connectivity index (χ4v) is 0.998. The van der Waals surface area contributed by atoms with Gasteiger partial charge in [0.05, 0.1) is 12.8 Å². The molecular formula is C11H11NO3. The summed E-state index contributed by atoms with van der Waals surface area (Å²) >= 11 is 0. The van der Waals surface area contributed by atoms with E-state index in [1.807, 2.05) is 6.07 Å². The number of hydrogen-bond donors (Lipinski definition) is 1. The van der Waals surface area contributed by atoms with Crippen LogP contribution in [-0.4, -0.2) is 24.9 Å². The first-order valence-electron chi connectivity index (χ1n) is 4.32. The molecule has 0 aliphatic heterocycles. The molecule has 15 heavy (non-hydrogen) atoms. The van der Waals surface area contributed by atoms with E-state index in [1.54, 1.807) is 24.3 Å². The molecule has 78 valence electrons. The summed E-state index contributed by atoms with van der Waals surface area (Å²) in [6.45, 7) is -0.305. The van der Waals surface area contributed by atoms with Gasteiger partial charge in [-0.1, -0.05) is 24.1 Å². The molecule has 0 bridgehead atoms. The van der Waals surface area contributed by atoms with Gasteiger partial charge in [0.1, 0.15) is 6.61 Å². The Morgan fingerprint density at radius 2 is 2.13 bits per heavy atom. The molecule has 4 heteroatoms. The summed E-state index contributed by atoms with van der Waals surface area (Å²) in [4.78, 5) is 12.5. The number of aliphatic hydroxyl groups is 1. The lowest BCUT2D eigenvalue weighted by atomic mass is 10.3. The number of anilines is 1. The van der Waals surface area contributed by atoms with Gasteiger partial charge < -0.3 is 9.84 Å². The van der Waals surface area contributed by atoms with Crippen LogP contribution in [0, 0.1) is 12.0 Å². The zero-order valence-electron chi connectivity index (χ0n) is 8.30. The van der Waals surface area contributed by atoms with Crippen molar-refractivity contribution < 1.29 is 14.6 Å². The summed E-state index contributed by atoms with van der Waals surface area (Å²) < 4.78 is 4.57. The number of carbonyl (C=O) groups is 1. The minimum absolute atomic E-state index is 0.305. The van der Waals surface area contributed by atoms with Gasteiger partial charge >= 0.3 is 6.09 Å². The van der Waals surface area contributed by atoms with Crippen LogP contribution < -0.4 is 4.90 Å². The SMILES string of the molecule is COC(=O)N(C#CCO)c1ccccc1. The molecule has 0 aliphatic rings. The van der Waals surface area contributed by atoms with Crippen LogP contribution in [0.1, 0.15) is 0 Å². The summed E-state index contributed by atoms with van der Waals surface area (Å²) in [5.41, 5.74) is 0.602. The second kappa shape index (κ2) is 5.68. The highest BCUT2D eigenvalue weighted by Gasteiger charge is 2.12. The monoisotopic (exact) mass is 205 g/mol. The fraction of sp³-hybridized carbons (Fsp3) is 0.182. The number of rotatable bonds is 1. The molecule has 0 saturated carbocycles. The minimum Gasteiger partial charge on any atom is -0.452 e. The van der Waals surface area contributed by atoms with Gasteiger partial charge in [-0.15, -0.1) is 0 Å². The number of carbonyl (C=O) groups excluding carboxylic acids is 1. The Bertz CT molecular complexity index is 378. The number of amides is 1. The molecule has 1 N–H and O–H groups in total. The highest BCUT2D eigenvalue weighted by atomic mass is 16.5. The molecule has 0 aliphatic carbocycles. The zero-order valence-corrected chi connectivity index (χ0v) is 8.30. The largest absolute Gasteiger partial charge is 0.452 e. The van der Waals surface area contributed by atoms with Crippen molar-refractivity contribution in [2.24, 2.45) is 0 Å². The van der Waals surface area contributed by atoms with E-state index < -0.39 is 6.09 Å². The van der Waals surface area contributed by atoms with Gasteiger partial charge in [-0.05, 0) is 12.1 Å². The lowest BCUT2D eigenvalue weighted by Crippen LogP contribution is -2.25. The molecule has 0 radical (unpaired) electrons. The highest BCUT2D eigenvalue weighted by Crippen LogP contribution is 2.12. The predicted molar refractivity (Wildman–Crippen MR) is 56.2 cm³/mol. The average molecular weight is 205 g/mol. The predicted octanol–water partition coefficient (Wildman–Crippen LogP) is 1.21. The quantitative estimate of drug-likeness (QED) is 0.554. The standard InChI is InChI=1S/C11H11NO3/c1-15-11(14)12(8-5-9-13)10-6-3-2-4-7-10/h2-4,6-7,13H,9H2,1H3.